The fourth-order valence-corrected chi connectivity index (χ4v) is 2.80. The summed E-state index contributed by atoms with van der Waals surface area (Å²) in [7, 11) is 1.71. The molecule has 0 bridgehead atoms. The lowest BCUT2D eigenvalue weighted by molar-refractivity contribution is 0.413. The highest BCUT2D eigenvalue weighted by atomic mass is 16.5. The molecule has 1 aliphatic rings. The fraction of sp³-hybridized carbons (Fsp3) is 0.412. The standard InChI is InChI=1S/C17H22N4O/c1-4-18-17-19-12(2)9-16(20-17)21-8-7-13-10-15(22-3)6-5-14(13)11-21/h5-6,9-10H,4,7-8,11H2,1-3H3,(H,18,19,20). The second-order valence-corrected chi connectivity index (χ2v) is 5.53. The first kappa shape index (κ1) is 14.6. The Kier molecular flexibility index (Phi) is 4.13. The summed E-state index contributed by atoms with van der Waals surface area (Å²) in [5.41, 5.74) is 3.70. The number of hydrogen-bond donors (Lipinski definition) is 1. The molecule has 0 saturated heterocycles. The molecule has 0 atom stereocenters. The van der Waals surface area contributed by atoms with Crippen molar-refractivity contribution in [3.63, 3.8) is 0 Å². The third kappa shape index (κ3) is 2.98. The number of ether oxygens (including phenoxy) is 1. The smallest absolute Gasteiger partial charge is 0.224 e. The molecule has 0 aliphatic carbocycles. The van der Waals surface area contributed by atoms with Crippen molar-refractivity contribution in [3.05, 3.63) is 41.1 Å². The van der Waals surface area contributed by atoms with Crippen molar-refractivity contribution in [2.75, 3.05) is 30.4 Å². The van der Waals surface area contributed by atoms with Gasteiger partial charge in [0, 0.05) is 31.4 Å². The average Bonchev–Trinajstić information content (AvgIpc) is 2.53. The molecule has 0 unspecified atom stereocenters. The van der Waals surface area contributed by atoms with Crippen LogP contribution in [0, 0.1) is 6.92 Å². The van der Waals surface area contributed by atoms with E-state index in [2.05, 4.69) is 45.3 Å². The summed E-state index contributed by atoms with van der Waals surface area (Å²) in [4.78, 5) is 11.4. The van der Waals surface area contributed by atoms with Crippen LogP contribution in [0.2, 0.25) is 0 Å². The third-order valence-electron chi connectivity index (χ3n) is 3.93. The number of benzene rings is 1. The molecule has 2 heterocycles. The van der Waals surface area contributed by atoms with Crippen molar-refractivity contribution in [3.8, 4) is 5.75 Å². The summed E-state index contributed by atoms with van der Waals surface area (Å²) in [6, 6.07) is 8.37. The number of rotatable bonds is 4. The van der Waals surface area contributed by atoms with Gasteiger partial charge in [0.2, 0.25) is 5.95 Å². The molecule has 1 N–H and O–H groups in total. The highest BCUT2D eigenvalue weighted by Gasteiger charge is 2.19. The van der Waals surface area contributed by atoms with Gasteiger partial charge in [0.1, 0.15) is 11.6 Å². The lowest BCUT2D eigenvalue weighted by Crippen LogP contribution is -2.31. The number of aromatic nitrogens is 2. The van der Waals surface area contributed by atoms with Crippen molar-refractivity contribution in [1.29, 1.82) is 0 Å². The molecule has 0 amide bonds. The van der Waals surface area contributed by atoms with Gasteiger partial charge in [0.25, 0.3) is 0 Å². The number of nitrogens with zero attached hydrogens (tertiary/aromatic N) is 3. The molecule has 1 aromatic heterocycles. The van der Waals surface area contributed by atoms with Crippen molar-refractivity contribution >= 4 is 11.8 Å². The molecule has 116 valence electrons. The van der Waals surface area contributed by atoms with E-state index in [0.717, 1.165) is 43.3 Å². The Morgan fingerprint density at radius 3 is 2.86 bits per heavy atom. The quantitative estimate of drug-likeness (QED) is 0.940. The van der Waals surface area contributed by atoms with E-state index in [1.165, 1.54) is 11.1 Å². The van der Waals surface area contributed by atoms with Crippen molar-refractivity contribution in [1.82, 2.24) is 9.97 Å². The van der Waals surface area contributed by atoms with E-state index in [1.807, 2.05) is 13.0 Å². The van der Waals surface area contributed by atoms with Gasteiger partial charge in [-0.25, -0.2) is 4.98 Å². The van der Waals surface area contributed by atoms with E-state index in [-0.39, 0.29) is 0 Å². The van der Waals surface area contributed by atoms with Crippen molar-refractivity contribution in [2.45, 2.75) is 26.8 Å². The lowest BCUT2D eigenvalue weighted by atomic mass is 9.99. The van der Waals surface area contributed by atoms with Gasteiger partial charge >= 0.3 is 0 Å². The predicted octanol–water partition coefficient (Wildman–Crippen LogP) is 2.79. The molecule has 22 heavy (non-hydrogen) atoms. The fourth-order valence-electron chi connectivity index (χ4n) is 2.80. The van der Waals surface area contributed by atoms with Crippen LogP contribution in [-0.4, -0.2) is 30.2 Å². The number of methoxy groups -OCH3 is 1. The van der Waals surface area contributed by atoms with Crippen LogP contribution in [0.1, 0.15) is 23.7 Å². The van der Waals surface area contributed by atoms with Gasteiger partial charge < -0.3 is 15.0 Å². The number of hydrogen-bond acceptors (Lipinski definition) is 5. The van der Waals surface area contributed by atoms with Gasteiger partial charge in [0.05, 0.1) is 7.11 Å². The molecule has 5 nitrogen and oxygen atoms in total. The van der Waals surface area contributed by atoms with Gasteiger partial charge in [-0.15, -0.1) is 0 Å². The Morgan fingerprint density at radius 2 is 2.09 bits per heavy atom. The van der Waals surface area contributed by atoms with Crippen LogP contribution in [0.4, 0.5) is 11.8 Å². The average molecular weight is 298 g/mol. The summed E-state index contributed by atoms with van der Waals surface area (Å²) in [6.45, 7) is 6.72. The summed E-state index contributed by atoms with van der Waals surface area (Å²) >= 11 is 0. The van der Waals surface area contributed by atoms with E-state index < -0.39 is 0 Å². The highest BCUT2D eigenvalue weighted by Crippen LogP contribution is 2.27. The molecule has 3 rings (SSSR count). The van der Waals surface area contributed by atoms with Gasteiger partial charge in [-0.2, -0.15) is 4.98 Å². The molecule has 5 heteroatoms. The van der Waals surface area contributed by atoms with E-state index in [0.29, 0.717) is 5.95 Å². The molecular weight excluding hydrogens is 276 g/mol. The maximum Gasteiger partial charge on any atom is 0.224 e. The minimum Gasteiger partial charge on any atom is -0.497 e. The molecule has 0 radical (unpaired) electrons. The zero-order chi connectivity index (χ0) is 15.5. The monoisotopic (exact) mass is 298 g/mol. The second-order valence-electron chi connectivity index (χ2n) is 5.53. The molecular formula is C17H22N4O. The van der Waals surface area contributed by atoms with Crippen LogP contribution in [0.15, 0.2) is 24.3 Å². The van der Waals surface area contributed by atoms with E-state index in [1.54, 1.807) is 7.11 Å². The number of aryl methyl sites for hydroxylation is 1. The minimum absolute atomic E-state index is 0.707. The highest BCUT2D eigenvalue weighted by molar-refractivity contribution is 5.49. The van der Waals surface area contributed by atoms with Crippen LogP contribution in [0.5, 0.6) is 5.75 Å². The zero-order valence-corrected chi connectivity index (χ0v) is 13.4. The van der Waals surface area contributed by atoms with Crippen LogP contribution in [0.3, 0.4) is 0 Å². The van der Waals surface area contributed by atoms with Gasteiger partial charge in [-0.05, 0) is 43.5 Å². The number of nitrogens with one attached hydrogen (secondary N) is 1. The van der Waals surface area contributed by atoms with Crippen LogP contribution in [0.25, 0.3) is 0 Å². The second kappa shape index (κ2) is 6.22. The first-order valence-electron chi connectivity index (χ1n) is 7.70. The van der Waals surface area contributed by atoms with E-state index in [9.17, 15) is 0 Å². The Labute approximate surface area is 131 Å². The maximum absolute atomic E-state index is 5.31. The molecule has 0 saturated carbocycles. The van der Waals surface area contributed by atoms with Gasteiger partial charge in [-0.1, -0.05) is 6.07 Å². The normalized spacial score (nSPS) is 13.7. The lowest BCUT2D eigenvalue weighted by Gasteiger charge is -2.30. The van der Waals surface area contributed by atoms with E-state index >= 15 is 0 Å². The van der Waals surface area contributed by atoms with Crippen LogP contribution < -0.4 is 15.0 Å². The van der Waals surface area contributed by atoms with Gasteiger partial charge in [0.15, 0.2) is 0 Å². The molecule has 0 spiro atoms. The minimum atomic E-state index is 0.707. The molecule has 0 fully saturated rings. The number of anilines is 2. The number of fused-ring (bicyclic) bond motifs is 1. The summed E-state index contributed by atoms with van der Waals surface area (Å²) in [5, 5.41) is 3.20. The van der Waals surface area contributed by atoms with Gasteiger partial charge in [-0.3, -0.25) is 0 Å². The summed E-state index contributed by atoms with van der Waals surface area (Å²) in [6.07, 6.45) is 1.01. The Bertz CT molecular complexity index is 672. The Morgan fingerprint density at radius 1 is 1.23 bits per heavy atom. The topological polar surface area (TPSA) is 50.3 Å². The summed E-state index contributed by atoms with van der Waals surface area (Å²) < 4.78 is 5.31. The predicted molar refractivity (Wildman–Crippen MR) is 88.7 cm³/mol. The molecule has 2 aromatic rings. The largest absolute Gasteiger partial charge is 0.497 e. The molecule has 1 aromatic carbocycles. The van der Waals surface area contributed by atoms with Crippen LogP contribution >= 0.6 is 0 Å². The van der Waals surface area contributed by atoms with Crippen molar-refractivity contribution in [2.24, 2.45) is 0 Å². The Hall–Kier alpha value is -2.30. The first-order valence-corrected chi connectivity index (χ1v) is 7.70. The summed E-state index contributed by atoms with van der Waals surface area (Å²) in [5.74, 6) is 2.63. The Balaban J connectivity index is 1.85. The van der Waals surface area contributed by atoms with Crippen molar-refractivity contribution < 1.29 is 4.74 Å². The maximum atomic E-state index is 5.31. The van der Waals surface area contributed by atoms with E-state index in [4.69, 9.17) is 4.74 Å². The van der Waals surface area contributed by atoms with Crippen LogP contribution in [-0.2, 0) is 13.0 Å². The third-order valence-corrected chi connectivity index (χ3v) is 3.93. The first-order chi connectivity index (χ1) is 10.7. The zero-order valence-electron chi connectivity index (χ0n) is 13.4. The molecule has 1 aliphatic heterocycles. The SMILES string of the molecule is CCNc1nc(C)cc(N2CCc3cc(OC)ccc3C2)n1.